The Morgan fingerprint density at radius 1 is 1.26 bits per heavy atom. The van der Waals surface area contributed by atoms with Gasteiger partial charge in [-0.1, -0.05) is 43.3 Å². The Labute approximate surface area is 168 Å². The number of thioether (sulfide) groups is 1. The van der Waals surface area contributed by atoms with Crippen molar-refractivity contribution in [3.05, 3.63) is 46.2 Å². The van der Waals surface area contributed by atoms with Crippen LogP contribution in [-0.2, 0) is 11.3 Å². The van der Waals surface area contributed by atoms with Gasteiger partial charge in [-0.3, -0.25) is 4.79 Å². The Hall–Kier alpha value is -2.12. The van der Waals surface area contributed by atoms with E-state index in [0.717, 1.165) is 28.8 Å². The molecule has 0 saturated carbocycles. The van der Waals surface area contributed by atoms with Crippen LogP contribution in [0.2, 0.25) is 0 Å². The number of thiophene rings is 1. The third-order valence-electron chi connectivity index (χ3n) is 4.15. The van der Waals surface area contributed by atoms with E-state index in [1.807, 2.05) is 31.2 Å². The van der Waals surface area contributed by atoms with E-state index >= 15 is 0 Å². The van der Waals surface area contributed by atoms with E-state index in [2.05, 4.69) is 52.3 Å². The molecule has 1 N–H and O–H groups in total. The predicted molar refractivity (Wildman–Crippen MR) is 114 cm³/mol. The molecule has 5 nitrogen and oxygen atoms in total. The summed E-state index contributed by atoms with van der Waals surface area (Å²) in [4.78, 5) is 13.6. The Bertz CT molecular complexity index is 912. The fraction of sp³-hybridized carbons (Fsp3) is 0.350. The second-order valence-corrected chi connectivity index (χ2v) is 8.53. The van der Waals surface area contributed by atoms with Gasteiger partial charge in [-0.05, 0) is 38.0 Å². The van der Waals surface area contributed by atoms with E-state index in [0.29, 0.717) is 11.7 Å². The van der Waals surface area contributed by atoms with Crippen LogP contribution in [0, 0.1) is 6.92 Å². The van der Waals surface area contributed by atoms with Crippen molar-refractivity contribution in [2.24, 2.45) is 0 Å². The number of carbonyl (C=O) groups excluding carboxylic acids is 1. The molecule has 27 heavy (non-hydrogen) atoms. The summed E-state index contributed by atoms with van der Waals surface area (Å²) in [7, 11) is 0. The number of hydrogen-bond acceptors (Lipinski definition) is 5. The van der Waals surface area contributed by atoms with Crippen molar-refractivity contribution in [3.8, 4) is 11.4 Å². The van der Waals surface area contributed by atoms with Crippen LogP contribution in [0.25, 0.3) is 11.4 Å². The van der Waals surface area contributed by atoms with E-state index in [1.165, 1.54) is 22.2 Å². The maximum atomic E-state index is 12.2. The number of aromatic nitrogens is 3. The summed E-state index contributed by atoms with van der Waals surface area (Å²) in [5.41, 5.74) is 3.07. The molecule has 1 aromatic carbocycles. The molecule has 0 atom stereocenters. The second kappa shape index (κ2) is 8.71. The Morgan fingerprint density at radius 2 is 2.00 bits per heavy atom. The summed E-state index contributed by atoms with van der Waals surface area (Å²) in [5, 5.41) is 14.5. The van der Waals surface area contributed by atoms with Crippen LogP contribution in [0.3, 0.4) is 0 Å². The van der Waals surface area contributed by atoms with Crippen LogP contribution < -0.4 is 5.32 Å². The molecule has 0 unspecified atom stereocenters. The molecule has 0 aliphatic carbocycles. The van der Waals surface area contributed by atoms with Crippen LogP contribution in [0.15, 0.2) is 40.9 Å². The standard InChI is InChI=1S/C20H24N4OS2/c1-5-24-19(15-10-17(13(2)3)26-11-15)22-23-20(24)27-12-18(25)21-16-8-6-14(4)7-9-16/h6-11,13H,5,12H2,1-4H3,(H,21,25). The summed E-state index contributed by atoms with van der Waals surface area (Å²) >= 11 is 3.16. The lowest BCUT2D eigenvalue weighted by Crippen LogP contribution is -2.14. The van der Waals surface area contributed by atoms with Gasteiger partial charge in [0.05, 0.1) is 5.75 Å². The lowest BCUT2D eigenvalue weighted by molar-refractivity contribution is -0.113. The van der Waals surface area contributed by atoms with Crippen LogP contribution in [0.1, 0.15) is 37.1 Å². The Balaban J connectivity index is 1.67. The number of benzene rings is 1. The van der Waals surface area contributed by atoms with Crippen LogP contribution in [0.5, 0.6) is 0 Å². The van der Waals surface area contributed by atoms with Gasteiger partial charge in [-0.2, -0.15) is 0 Å². The van der Waals surface area contributed by atoms with Crippen molar-refractivity contribution in [1.29, 1.82) is 0 Å². The fourth-order valence-corrected chi connectivity index (χ4v) is 4.34. The average molecular weight is 401 g/mol. The summed E-state index contributed by atoms with van der Waals surface area (Å²) < 4.78 is 2.07. The van der Waals surface area contributed by atoms with Crippen molar-refractivity contribution < 1.29 is 4.79 Å². The minimum absolute atomic E-state index is 0.0475. The average Bonchev–Trinajstić information content (AvgIpc) is 3.28. The second-order valence-electron chi connectivity index (χ2n) is 6.65. The number of nitrogens with zero attached hydrogens (tertiary/aromatic N) is 3. The monoisotopic (exact) mass is 400 g/mol. The maximum Gasteiger partial charge on any atom is 0.234 e. The topological polar surface area (TPSA) is 59.8 Å². The van der Waals surface area contributed by atoms with Gasteiger partial charge >= 0.3 is 0 Å². The largest absolute Gasteiger partial charge is 0.325 e. The smallest absolute Gasteiger partial charge is 0.234 e. The van der Waals surface area contributed by atoms with Gasteiger partial charge in [-0.25, -0.2) is 0 Å². The zero-order chi connectivity index (χ0) is 19.4. The van der Waals surface area contributed by atoms with Gasteiger partial charge in [0.2, 0.25) is 5.91 Å². The van der Waals surface area contributed by atoms with Crippen molar-refractivity contribution in [2.45, 2.75) is 45.3 Å². The molecule has 3 aromatic rings. The summed E-state index contributed by atoms with van der Waals surface area (Å²) in [6, 6.07) is 9.97. The molecule has 0 fully saturated rings. The number of anilines is 1. The molecule has 0 spiro atoms. The van der Waals surface area contributed by atoms with Crippen molar-refractivity contribution >= 4 is 34.7 Å². The lowest BCUT2D eigenvalue weighted by atomic mass is 10.1. The molecular weight excluding hydrogens is 376 g/mol. The molecular formula is C20H24N4OS2. The van der Waals surface area contributed by atoms with Crippen molar-refractivity contribution in [3.63, 3.8) is 0 Å². The first kappa shape index (κ1) is 19.6. The number of aryl methyl sites for hydroxylation is 1. The first-order chi connectivity index (χ1) is 13.0. The predicted octanol–water partition coefficient (Wildman–Crippen LogP) is 5.19. The summed E-state index contributed by atoms with van der Waals surface area (Å²) in [5.74, 6) is 1.62. The molecule has 0 saturated heterocycles. The molecule has 3 rings (SSSR count). The zero-order valence-corrected chi connectivity index (χ0v) is 17.7. The third kappa shape index (κ3) is 4.78. The van der Waals surface area contributed by atoms with Gasteiger partial charge in [-0.15, -0.1) is 21.5 Å². The number of rotatable bonds is 7. The highest BCUT2D eigenvalue weighted by atomic mass is 32.2. The first-order valence-electron chi connectivity index (χ1n) is 8.99. The highest BCUT2D eigenvalue weighted by Crippen LogP contribution is 2.31. The number of carbonyl (C=O) groups is 1. The number of amides is 1. The normalized spacial score (nSPS) is 11.1. The lowest BCUT2D eigenvalue weighted by Gasteiger charge is -2.07. The van der Waals surface area contributed by atoms with E-state index < -0.39 is 0 Å². The Morgan fingerprint density at radius 3 is 2.63 bits per heavy atom. The van der Waals surface area contributed by atoms with E-state index in [9.17, 15) is 4.79 Å². The van der Waals surface area contributed by atoms with Crippen molar-refractivity contribution in [2.75, 3.05) is 11.1 Å². The first-order valence-corrected chi connectivity index (χ1v) is 10.9. The van der Waals surface area contributed by atoms with Crippen molar-refractivity contribution in [1.82, 2.24) is 14.8 Å². The van der Waals surface area contributed by atoms with Crippen LogP contribution in [0.4, 0.5) is 5.69 Å². The van der Waals surface area contributed by atoms with Gasteiger partial charge in [0.15, 0.2) is 11.0 Å². The SMILES string of the molecule is CCn1c(SCC(=O)Nc2ccc(C)cc2)nnc1-c1csc(C(C)C)c1. The minimum atomic E-state index is -0.0475. The maximum absolute atomic E-state index is 12.2. The van der Waals surface area contributed by atoms with E-state index in [-0.39, 0.29) is 5.91 Å². The van der Waals surface area contributed by atoms with Gasteiger partial charge < -0.3 is 9.88 Å². The highest BCUT2D eigenvalue weighted by Gasteiger charge is 2.16. The Kier molecular flexibility index (Phi) is 6.34. The van der Waals surface area contributed by atoms with Gasteiger partial charge in [0, 0.05) is 28.1 Å². The van der Waals surface area contributed by atoms with E-state index in [1.54, 1.807) is 11.3 Å². The molecule has 142 valence electrons. The van der Waals surface area contributed by atoms with Gasteiger partial charge in [0.1, 0.15) is 0 Å². The molecule has 0 radical (unpaired) electrons. The van der Waals surface area contributed by atoms with Gasteiger partial charge in [0.25, 0.3) is 0 Å². The quantitative estimate of drug-likeness (QED) is 0.555. The minimum Gasteiger partial charge on any atom is -0.325 e. The van der Waals surface area contributed by atoms with Crippen LogP contribution in [-0.4, -0.2) is 26.4 Å². The highest BCUT2D eigenvalue weighted by molar-refractivity contribution is 7.99. The number of hydrogen-bond donors (Lipinski definition) is 1. The molecule has 7 heteroatoms. The molecule has 2 heterocycles. The summed E-state index contributed by atoms with van der Waals surface area (Å²) in [6.45, 7) is 9.23. The summed E-state index contributed by atoms with van der Waals surface area (Å²) in [6.07, 6.45) is 0. The van der Waals surface area contributed by atoms with Crippen LogP contribution >= 0.6 is 23.1 Å². The molecule has 2 aromatic heterocycles. The molecule has 0 aliphatic rings. The zero-order valence-electron chi connectivity index (χ0n) is 16.0. The van der Waals surface area contributed by atoms with E-state index in [4.69, 9.17) is 0 Å². The molecule has 1 amide bonds. The third-order valence-corrected chi connectivity index (χ3v) is 6.35. The fourth-order valence-electron chi connectivity index (χ4n) is 2.63. The molecule has 0 aliphatic heterocycles. The number of nitrogens with one attached hydrogen (secondary N) is 1. The molecule has 0 bridgehead atoms.